The molecule has 46 valence electrons. The van der Waals surface area contributed by atoms with E-state index in [1.165, 1.54) is 0 Å². The zero-order valence-electron chi connectivity index (χ0n) is 4.38. The van der Waals surface area contributed by atoms with Crippen molar-refractivity contribution in [2.24, 2.45) is 0 Å². The highest BCUT2D eigenvalue weighted by Crippen LogP contribution is 1.61. The van der Waals surface area contributed by atoms with Gasteiger partial charge in [0.05, 0.1) is 0 Å². The van der Waals surface area contributed by atoms with E-state index in [0.29, 0.717) is 10.1 Å². The number of ketones is 1. The van der Waals surface area contributed by atoms with Crippen LogP contribution < -0.4 is 0 Å². The monoisotopic (exact) mass is 134 g/mol. The second-order valence-corrected chi connectivity index (χ2v) is 0.861. The number of hydrogen-bond donors (Lipinski definition) is 1. The second-order valence-electron chi connectivity index (χ2n) is 0.861. The van der Waals surface area contributed by atoms with Gasteiger partial charge in [-0.25, -0.2) is 4.79 Å². The van der Waals surface area contributed by atoms with Crippen molar-refractivity contribution in [2.45, 2.75) is 6.92 Å². The number of carbonyl (C=O) groups is 2. The third-order valence-electron chi connectivity index (χ3n) is 0.301. The molecule has 0 amide bonds. The van der Waals surface area contributed by atoms with Gasteiger partial charge in [0.15, 0.2) is 0 Å². The standard InChI is InChI=1S/C3H4O3.H2OSi/c1-2(4)3(5)6;1-2/h1H3,(H,5,6);2H2. The average molecular weight is 134 g/mol. The summed E-state index contributed by atoms with van der Waals surface area (Å²) in [5.41, 5.74) is 0. The highest BCUT2D eigenvalue weighted by molar-refractivity contribution is 6.31. The molecular formula is C3H6O4Si. The average Bonchev–Trinajstić information content (AvgIpc) is 1.72. The largest absolute Gasteiger partial charge is 0.476 e. The van der Waals surface area contributed by atoms with E-state index in [1.807, 2.05) is 0 Å². The van der Waals surface area contributed by atoms with Crippen LogP contribution in [0.25, 0.3) is 0 Å². The van der Waals surface area contributed by atoms with Gasteiger partial charge >= 0.3 is 5.97 Å². The topological polar surface area (TPSA) is 71.4 Å². The van der Waals surface area contributed by atoms with Crippen LogP contribution in [0.15, 0.2) is 0 Å². The van der Waals surface area contributed by atoms with Gasteiger partial charge in [-0.3, -0.25) is 4.79 Å². The Kier molecular flexibility index (Phi) is 7.85. The molecule has 0 rings (SSSR count). The Labute approximate surface area is 49.0 Å². The third kappa shape index (κ3) is 8.94. The van der Waals surface area contributed by atoms with Crippen molar-refractivity contribution >= 4 is 21.9 Å². The van der Waals surface area contributed by atoms with Gasteiger partial charge in [-0.15, -0.1) is 0 Å². The molecule has 0 fully saturated rings. The van der Waals surface area contributed by atoms with E-state index in [1.54, 1.807) is 0 Å². The van der Waals surface area contributed by atoms with Crippen LogP contribution in [0, 0.1) is 0 Å². The maximum absolute atomic E-state index is 9.54. The van der Waals surface area contributed by atoms with Gasteiger partial charge < -0.3 is 9.57 Å². The van der Waals surface area contributed by atoms with Crippen molar-refractivity contribution in [3.63, 3.8) is 0 Å². The van der Waals surface area contributed by atoms with Crippen molar-refractivity contribution in [1.29, 1.82) is 0 Å². The minimum Gasteiger partial charge on any atom is -0.476 e. The Morgan fingerprint density at radius 1 is 1.38 bits per heavy atom. The molecule has 0 radical (unpaired) electrons. The molecule has 0 heterocycles. The lowest BCUT2D eigenvalue weighted by Crippen LogP contribution is -2.05. The molecule has 0 aromatic rings. The molecule has 0 atom stereocenters. The number of Topliss-reactive ketones (excluding diaryl/α,β-unsaturated/α-hetero) is 1. The van der Waals surface area contributed by atoms with Gasteiger partial charge in [-0.2, -0.15) is 0 Å². The fourth-order valence-electron chi connectivity index (χ4n) is 0. The van der Waals surface area contributed by atoms with Crippen molar-refractivity contribution in [1.82, 2.24) is 0 Å². The second kappa shape index (κ2) is 6.16. The van der Waals surface area contributed by atoms with Crippen molar-refractivity contribution in [3.05, 3.63) is 0 Å². The Hall–Kier alpha value is -0.843. The van der Waals surface area contributed by atoms with E-state index < -0.39 is 11.8 Å². The fraction of sp³-hybridized carbons (Fsp3) is 0.333. The number of carbonyl (C=O) groups excluding carboxylic acids is 1. The zero-order chi connectivity index (χ0) is 7.15. The van der Waals surface area contributed by atoms with Gasteiger partial charge in [-0.05, 0) is 0 Å². The number of aliphatic carboxylic acids is 1. The molecule has 1 N–H and O–H groups in total. The van der Waals surface area contributed by atoms with Crippen LogP contribution in [0.4, 0.5) is 0 Å². The van der Waals surface area contributed by atoms with Crippen LogP contribution >= 0.6 is 0 Å². The molecule has 0 aromatic heterocycles. The minimum atomic E-state index is -1.38. The van der Waals surface area contributed by atoms with Gasteiger partial charge in [-0.1, -0.05) is 0 Å². The summed E-state index contributed by atoms with van der Waals surface area (Å²) in [7, 11) is 0.611. The highest BCUT2D eigenvalue weighted by Gasteiger charge is 1.98. The summed E-state index contributed by atoms with van der Waals surface area (Å²) in [6.45, 7) is 1.00. The van der Waals surface area contributed by atoms with Crippen LogP contribution in [0.5, 0.6) is 0 Å². The Bertz CT molecular complexity index is 87.5. The SMILES string of the molecule is CC(=O)C(=O)O.O=[SiH2]. The number of hydrogen-bond acceptors (Lipinski definition) is 3. The summed E-state index contributed by atoms with van der Waals surface area (Å²) in [5.74, 6) is -2.20. The van der Waals surface area contributed by atoms with Gasteiger partial charge in [0.2, 0.25) is 15.9 Å². The molecule has 0 spiro atoms. The molecule has 0 aliphatic rings. The maximum Gasteiger partial charge on any atom is 0.371 e. The van der Waals surface area contributed by atoms with Crippen LogP contribution in [-0.4, -0.2) is 27.0 Å². The summed E-state index contributed by atoms with van der Waals surface area (Å²) in [6, 6.07) is 0. The van der Waals surface area contributed by atoms with Crippen LogP contribution in [0.2, 0.25) is 0 Å². The highest BCUT2D eigenvalue weighted by atomic mass is 28.1. The molecule has 4 nitrogen and oxygen atoms in total. The number of carboxylic acid groups (broad SMARTS) is 1. The van der Waals surface area contributed by atoms with Gasteiger partial charge in [0.25, 0.3) is 0 Å². The molecule has 5 heteroatoms. The summed E-state index contributed by atoms with van der Waals surface area (Å²) in [6.07, 6.45) is 0. The van der Waals surface area contributed by atoms with E-state index in [9.17, 15) is 9.59 Å². The first-order chi connectivity index (χ1) is 3.64. The lowest BCUT2D eigenvalue weighted by atomic mass is 10.5. The first-order valence-electron chi connectivity index (χ1n) is 1.67. The van der Waals surface area contributed by atoms with Crippen molar-refractivity contribution in [2.75, 3.05) is 0 Å². The summed E-state index contributed by atoms with van der Waals surface area (Å²) < 4.78 is 8.28. The van der Waals surface area contributed by atoms with Gasteiger partial charge in [0.1, 0.15) is 0 Å². The maximum atomic E-state index is 9.54. The molecule has 0 aliphatic heterocycles. The van der Waals surface area contributed by atoms with E-state index in [4.69, 9.17) is 9.57 Å². The molecule has 0 saturated heterocycles. The molecule has 8 heavy (non-hydrogen) atoms. The molecule has 0 aromatic carbocycles. The Morgan fingerprint density at radius 2 is 1.50 bits per heavy atom. The van der Waals surface area contributed by atoms with Gasteiger partial charge in [0, 0.05) is 6.92 Å². The number of rotatable bonds is 1. The molecular weight excluding hydrogens is 128 g/mol. The lowest BCUT2D eigenvalue weighted by Gasteiger charge is -1.73. The molecule has 0 saturated carbocycles. The molecule has 0 unspecified atom stereocenters. The minimum absolute atomic E-state index is 0.611. The Morgan fingerprint density at radius 3 is 1.50 bits per heavy atom. The van der Waals surface area contributed by atoms with E-state index >= 15 is 0 Å². The zero-order valence-corrected chi connectivity index (χ0v) is 5.79. The van der Waals surface area contributed by atoms with E-state index in [2.05, 4.69) is 0 Å². The van der Waals surface area contributed by atoms with Crippen molar-refractivity contribution < 1.29 is 19.2 Å². The molecule has 0 aliphatic carbocycles. The van der Waals surface area contributed by atoms with Crippen LogP contribution in [0.3, 0.4) is 0 Å². The Balaban J connectivity index is 0. The first-order valence-corrected chi connectivity index (χ1v) is 2.25. The first kappa shape index (κ1) is 10.2. The molecule has 0 bridgehead atoms. The van der Waals surface area contributed by atoms with Crippen LogP contribution in [0.1, 0.15) is 6.92 Å². The predicted molar refractivity (Wildman–Crippen MR) is 27.5 cm³/mol. The summed E-state index contributed by atoms with van der Waals surface area (Å²) in [4.78, 5) is 18.9. The number of carboxylic acids is 1. The lowest BCUT2D eigenvalue weighted by molar-refractivity contribution is -0.148. The predicted octanol–water partition coefficient (Wildman–Crippen LogP) is -1.38. The van der Waals surface area contributed by atoms with E-state index in [-0.39, 0.29) is 0 Å². The smallest absolute Gasteiger partial charge is 0.371 e. The summed E-state index contributed by atoms with van der Waals surface area (Å²) >= 11 is 0. The fourth-order valence-corrected chi connectivity index (χ4v) is 0. The van der Waals surface area contributed by atoms with E-state index in [0.717, 1.165) is 6.92 Å². The normalized spacial score (nSPS) is 6.12. The van der Waals surface area contributed by atoms with Crippen molar-refractivity contribution in [3.8, 4) is 0 Å². The third-order valence-corrected chi connectivity index (χ3v) is 0.301. The van der Waals surface area contributed by atoms with Crippen LogP contribution in [-0.2, 0) is 14.1 Å². The quantitative estimate of drug-likeness (QED) is 0.354. The summed E-state index contributed by atoms with van der Waals surface area (Å²) in [5, 5.41) is 7.64.